The Hall–Kier alpha value is -0.280. The number of ketones is 1. The summed E-state index contributed by atoms with van der Waals surface area (Å²) in [6, 6.07) is 9.65. The fourth-order valence-electron chi connectivity index (χ4n) is 1.56. The van der Waals surface area contributed by atoms with Crippen molar-refractivity contribution in [1.82, 2.24) is 0 Å². The lowest BCUT2D eigenvalue weighted by atomic mass is 10.2. The van der Waals surface area contributed by atoms with Crippen LogP contribution in [0.4, 0.5) is 0 Å². The number of carbonyl (C=O) groups is 1. The third kappa shape index (κ3) is 6.27. The number of hydrogen-bond donors (Lipinski definition) is 0. The molecule has 0 aliphatic heterocycles. The Kier molecular flexibility index (Phi) is 9.56. The lowest BCUT2D eigenvalue weighted by Crippen LogP contribution is -3.00. The summed E-state index contributed by atoms with van der Waals surface area (Å²) in [5.74, 6) is 3.40. The average molecular weight is 317 g/mol. The van der Waals surface area contributed by atoms with Crippen LogP contribution in [0.25, 0.3) is 0 Å². The van der Waals surface area contributed by atoms with Crippen molar-refractivity contribution >= 4 is 16.7 Å². The van der Waals surface area contributed by atoms with Crippen LogP contribution in [0.2, 0.25) is 0 Å². The zero-order valence-electron chi connectivity index (χ0n) is 10.6. The van der Waals surface area contributed by atoms with Crippen LogP contribution in [0.5, 0.6) is 0 Å². The molecule has 0 heterocycles. The number of halogens is 1. The van der Waals surface area contributed by atoms with E-state index in [4.69, 9.17) is 0 Å². The third-order valence-electron chi connectivity index (χ3n) is 2.63. The highest BCUT2D eigenvalue weighted by Crippen LogP contribution is 2.07. The fraction of sp³-hybridized carbons (Fsp3) is 0.500. The summed E-state index contributed by atoms with van der Waals surface area (Å²) < 4.78 is 0. The van der Waals surface area contributed by atoms with Crippen LogP contribution >= 0.6 is 0 Å². The van der Waals surface area contributed by atoms with E-state index in [9.17, 15) is 4.79 Å². The second-order valence-corrected chi connectivity index (χ2v) is 6.39. The van der Waals surface area contributed by atoms with Gasteiger partial charge in [0.25, 0.3) is 0 Å². The zero-order chi connectivity index (χ0) is 11.8. The predicted octanol–water partition coefficient (Wildman–Crippen LogP) is 0.312. The standard InChI is InChI=1S/C14H21OS.BrH/c1-3-5-11-16(4-2)12-14(15)13-9-7-6-8-10-13;/h6-10H,3-5,11-12H2,1-2H3;1H/q+1;/p-1. The van der Waals surface area contributed by atoms with Crippen LogP contribution in [0.15, 0.2) is 30.3 Å². The molecule has 1 nitrogen and oxygen atoms in total. The van der Waals surface area contributed by atoms with Crippen LogP contribution < -0.4 is 17.0 Å². The number of Topliss-reactive ketones (excluding diaryl/α,β-unsaturated/α-hetero) is 1. The molecular formula is C14H21BrOS. The molecule has 96 valence electrons. The smallest absolute Gasteiger partial charge is 0.211 e. The Morgan fingerprint density at radius 1 is 1.18 bits per heavy atom. The predicted molar refractivity (Wildman–Crippen MR) is 73.3 cm³/mol. The minimum absolute atomic E-state index is 0. The summed E-state index contributed by atoms with van der Waals surface area (Å²) in [5, 5.41) is 0. The molecule has 1 unspecified atom stereocenters. The summed E-state index contributed by atoms with van der Waals surface area (Å²) >= 11 is 0. The van der Waals surface area contributed by atoms with Gasteiger partial charge in [-0.05, 0) is 24.2 Å². The van der Waals surface area contributed by atoms with E-state index >= 15 is 0 Å². The van der Waals surface area contributed by atoms with E-state index < -0.39 is 0 Å². The Labute approximate surface area is 118 Å². The second-order valence-electron chi connectivity index (χ2n) is 3.89. The molecule has 0 fully saturated rings. The topological polar surface area (TPSA) is 17.1 Å². The molecule has 1 aromatic carbocycles. The minimum atomic E-state index is 0. The van der Waals surface area contributed by atoms with Gasteiger partial charge in [0.15, 0.2) is 5.75 Å². The summed E-state index contributed by atoms with van der Waals surface area (Å²) in [7, 11) is 0.289. The molecule has 0 aliphatic carbocycles. The van der Waals surface area contributed by atoms with Crippen molar-refractivity contribution in [2.24, 2.45) is 0 Å². The summed E-state index contributed by atoms with van der Waals surface area (Å²) in [6.07, 6.45) is 2.47. The molecule has 0 saturated carbocycles. The largest absolute Gasteiger partial charge is 1.00 e. The van der Waals surface area contributed by atoms with E-state index in [0.717, 1.165) is 17.1 Å². The number of hydrogen-bond acceptors (Lipinski definition) is 1. The normalized spacial score (nSPS) is 11.6. The molecule has 1 rings (SSSR count). The van der Waals surface area contributed by atoms with Crippen LogP contribution in [0.1, 0.15) is 37.0 Å². The summed E-state index contributed by atoms with van der Waals surface area (Å²) in [4.78, 5) is 12.0. The molecule has 0 saturated heterocycles. The molecule has 0 radical (unpaired) electrons. The van der Waals surface area contributed by atoms with Gasteiger partial charge in [-0.25, -0.2) is 0 Å². The van der Waals surface area contributed by atoms with E-state index in [1.807, 2.05) is 30.3 Å². The first-order valence-corrected chi connectivity index (χ1v) is 7.73. The van der Waals surface area contributed by atoms with Crippen LogP contribution in [0.3, 0.4) is 0 Å². The van der Waals surface area contributed by atoms with Crippen molar-refractivity contribution in [2.75, 3.05) is 17.3 Å². The van der Waals surface area contributed by atoms with Crippen molar-refractivity contribution < 1.29 is 21.8 Å². The molecule has 0 spiro atoms. The van der Waals surface area contributed by atoms with Gasteiger partial charge in [0.05, 0.1) is 0 Å². The SMILES string of the molecule is CCCC[S+](CC)CC(=O)c1ccccc1.[Br-]. The number of carbonyl (C=O) groups excluding carboxylic acids is 1. The molecule has 3 heteroatoms. The third-order valence-corrected chi connectivity index (χ3v) is 4.98. The second kappa shape index (κ2) is 9.72. The van der Waals surface area contributed by atoms with Gasteiger partial charge in [-0.1, -0.05) is 43.7 Å². The molecule has 1 atom stereocenters. The number of rotatable bonds is 7. The van der Waals surface area contributed by atoms with Crippen LogP contribution in [-0.2, 0) is 10.9 Å². The Morgan fingerprint density at radius 2 is 1.82 bits per heavy atom. The zero-order valence-corrected chi connectivity index (χ0v) is 13.0. The molecule has 0 bridgehead atoms. The van der Waals surface area contributed by atoms with Gasteiger partial charge in [0, 0.05) is 5.56 Å². The van der Waals surface area contributed by atoms with Crippen molar-refractivity contribution in [3.05, 3.63) is 35.9 Å². The highest BCUT2D eigenvalue weighted by atomic mass is 79.9. The van der Waals surface area contributed by atoms with Crippen molar-refractivity contribution in [1.29, 1.82) is 0 Å². The lowest BCUT2D eigenvalue weighted by molar-refractivity contribution is -0.0000112. The van der Waals surface area contributed by atoms with Gasteiger partial charge in [-0.3, -0.25) is 4.79 Å². The van der Waals surface area contributed by atoms with Crippen LogP contribution in [-0.4, -0.2) is 23.0 Å². The first-order chi connectivity index (χ1) is 7.77. The fourth-order valence-corrected chi connectivity index (χ4v) is 3.43. The monoisotopic (exact) mass is 316 g/mol. The first-order valence-electron chi connectivity index (χ1n) is 6.00. The summed E-state index contributed by atoms with van der Waals surface area (Å²) in [6.45, 7) is 4.40. The Balaban J connectivity index is 0.00000256. The van der Waals surface area contributed by atoms with Gasteiger partial charge in [0.1, 0.15) is 11.5 Å². The number of unbranched alkanes of at least 4 members (excludes halogenated alkanes) is 1. The first kappa shape index (κ1) is 16.7. The quantitative estimate of drug-likeness (QED) is 0.523. The molecule has 1 aromatic rings. The highest BCUT2D eigenvalue weighted by molar-refractivity contribution is 7.97. The van der Waals surface area contributed by atoms with Crippen molar-refractivity contribution in [2.45, 2.75) is 26.7 Å². The van der Waals surface area contributed by atoms with E-state index in [1.54, 1.807) is 0 Å². The number of benzene rings is 1. The maximum Gasteiger partial charge on any atom is 0.211 e. The molecular weight excluding hydrogens is 296 g/mol. The van der Waals surface area contributed by atoms with Gasteiger partial charge in [0.2, 0.25) is 5.78 Å². The van der Waals surface area contributed by atoms with E-state index in [0.29, 0.717) is 5.78 Å². The highest BCUT2D eigenvalue weighted by Gasteiger charge is 2.20. The van der Waals surface area contributed by atoms with Gasteiger partial charge in [-0.15, -0.1) is 0 Å². The average Bonchev–Trinajstić information content (AvgIpc) is 2.35. The van der Waals surface area contributed by atoms with E-state index in [1.165, 1.54) is 18.6 Å². The van der Waals surface area contributed by atoms with Gasteiger partial charge in [-0.2, -0.15) is 0 Å². The molecule has 0 aliphatic rings. The van der Waals surface area contributed by atoms with Gasteiger partial charge >= 0.3 is 0 Å². The molecule has 17 heavy (non-hydrogen) atoms. The van der Waals surface area contributed by atoms with E-state index in [2.05, 4.69) is 13.8 Å². The molecule has 0 aromatic heterocycles. The van der Waals surface area contributed by atoms with Gasteiger partial charge < -0.3 is 17.0 Å². The summed E-state index contributed by atoms with van der Waals surface area (Å²) in [5.41, 5.74) is 0.866. The van der Waals surface area contributed by atoms with Crippen molar-refractivity contribution in [3.8, 4) is 0 Å². The van der Waals surface area contributed by atoms with Crippen LogP contribution in [0, 0.1) is 0 Å². The molecule has 0 N–H and O–H groups in total. The lowest BCUT2D eigenvalue weighted by Gasteiger charge is -2.05. The van der Waals surface area contributed by atoms with Crippen molar-refractivity contribution in [3.63, 3.8) is 0 Å². The maximum atomic E-state index is 12.0. The minimum Gasteiger partial charge on any atom is -1.00 e. The molecule has 0 amide bonds. The Bertz CT molecular complexity index is 313. The Morgan fingerprint density at radius 3 is 2.35 bits per heavy atom. The maximum absolute atomic E-state index is 12.0. The van der Waals surface area contributed by atoms with E-state index in [-0.39, 0.29) is 27.9 Å².